The fourth-order valence-corrected chi connectivity index (χ4v) is 1.46. The summed E-state index contributed by atoms with van der Waals surface area (Å²) in [4.78, 5) is 0. The fourth-order valence-electron chi connectivity index (χ4n) is 1.46. The molecule has 0 heteroatoms. The van der Waals surface area contributed by atoms with E-state index in [1.165, 1.54) is 32.1 Å². The zero-order chi connectivity index (χ0) is 9.40. The largest absolute Gasteiger partial charge is 0.0654 e. The third kappa shape index (κ3) is 8.10. The van der Waals surface area contributed by atoms with Crippen LogP contribution in [0.3, 0.4) is 0 Å². The third-order valence-corrected chi connectivity index (χ3v) is 2.30. The van der Waals surface area contributed by atoms with Crippen LogP contribution in [-0.2, 0) is 0 Å². The Balaban J connectivity index is 3.08. The first-order valence-electron chi connectivity index (χ1n) is 5.48. The first kappa shape index (κ1) is 12.0. The Labute approximate surface area is 78.8 Å². The maximum Gasteiger partial charge on any atom is -0.0383 e. The minimum Gasteiger partial charge on any atom is -0.0654 e. The Hall–Kier alpha value is 0. The Bertz CT molecular complexity index is 84.0. The molecule has 0 aromatic heterocycles. The molecule has 12 heavy (non-hydrogen) atoms. The minimum absolute atomic E-state index is 0.864. The van der Waals surface area contributed by atoms with Crippen LogP contribution in [0.25, 0.3) is 0 Å². The van der Waals surface area contributed by atoms with Crippen LogP contribution < -0.4 is 0 Å². The van der Waals surface area contributed by atoms with Crippen LogP contribution in [-0.4, -0.2) is 0 Å². The molecule has 0 nitrogen and oxygen atoms in total. The van der Waals surface area contributed by atoms with E-state index >= 15 is 0 Å². The molecular weight excluding hydrogens is 144 g/mol. The highest BCUT2D eigenvalue weighted by atomic mass is 14.1. The van der Waals surface area contributed by atoms with Gasteiger partial charge in [0.2, 0.25) is 0 Å². The smallest absolute Gasteiger partial charge is 0.0383 e. The van der Waals surface area contributed by atoms with Crippen molar-refractivity contribution >= 4 is 0 Å². The Kier molecular flexibility index (Phi) is 7.64. The lowest BCUT2D eigenvalue weighted by atomic mass is 9.97. The number of hydrogen-bond acceptors (Lipinski definition) is 0. The van der Waals surface area contributed by atoms with E-state index in [0.717, 1.165) is 11.8 Å². The van der Waals surface area contributed by atoms with Gasteiger partial charge in [-0.3, -0.25) is 0 Å². The lowest BCUT2D eigenvalue weighted by Gasteiger charge is -2.09. The molecular formula is C12H25. The molecule has 0 spiro atoms. The van der Waals surface area contributed by atoms with Gasteiger partial charge in [0.1, 0.15) is 0 Å². The normalized spacial score (nSPS) is 13.8. The molecule has 0 N–H and O–H groups in total. The van der Waals surface area contributed by atoms with Crippen LogP contribution in [0, 0.1) is 18.3 Å². The summed E-state index contributed by atoms with van der Waals surface area (Å²) >= 11 is 0. The summed E-state index contributed by atoms with van der Waals surface area (Å²) in [5.41, 5.74) is 0. The van der Waals surface area contributed by atoms with Crippen LogP contribution in [0.4, 0.5) is 0 Å². The van der Waals surface area contributed by atoms with Crippen LogP contribution in [0.15, 0.2) is 0 Å². The standard InChI is InChI=1S/C12H25/c1-5-8-12(4)10-7-6-9-11(2)3/h7,11-12H,5-6,8-10H2,1-4H3. The van der Waals surface area contributed by atoms with Gasteiger partial charge in [-0.2, -0.15) is 0 Å². The van der Waals surface area contributed by atoms with Crippen LogP contribution in [0.1, 0.15) is 59.8 Å². The fraction of sp³-hybridized carbons (Fsp3) is 0.917. The maximum atomic E-state index is 2.47. The molecule has 0 aromatic rings. The Morgan fingerprint density at radius 2 is 1.75 bits per heavy atom. The zero-order valence-electron chi connectivity index (χ0n) is 9.27. The molecule has 0 aliphatic carbocycles. The molecule has 0 heterocycles. The summed E-state index contributed by atoms with van der Waals surface area (Å²) in [5.74, 6) is 1.77. The second-order valence-electron chi connectivity index (χ2n) is 4.39. The summed E-state index contributed by atoms with van der Waals surface area (Å²) in [7, 11) is 0. The first-order valence-corrected chi connectivity index (χ1v) is 5.48. The van der Waals surface area contributed by atoms with E-state index in [4.69, 9.17) is 0 Å². The summed E-state index contributed by atoms with van der Waals surface area (Å²) in [5, 5.41) is 0. The van der Waals surface area contributed by atoms with E-state index < -0.39 is 0 Å². The molecule has 0 saturated heterocycles. The average Bonchev–Trinajstić information content (AvgIpc) is 1.98. The van der Waals surface area contributed by atoms with Crippen molar-refractivity contribution in [2.75, 3.05) is 0 Å². The second-order valence-corrected chi connectivity index (χ2v) is 4.39. The second kappa shape index (κ2) is 7.64. The molecule has 0 saturated carbocycles. The Morgan fingerprint density at radius 3 is 2.25 bits per heavy atom. The molecule has 0 aliphatic rings. The van der Waals surface area contributed by atoms with E-state index in [-0.39, 0.29) is 0 Å². The predicted octanol–water partition coefficient (Wildman–Crippen LogP) is 4.45. The van der Waals surface area contributed by atoms with Crippen molar-refractivity contribution in [2.24, 2.45) is 11.8 Å². The highest BCUT2D eigenvalue weighted by molar-refractivity contribution is 4.69. The van der Waals surface area contributed by atoms with Gasteiger partial charge < -0.3 is 0 Å². The van der Waals surface area contributed by atoms with Crippen molar-refractivity contribution in [3.8, 4) is 0 Å². The first-order chi connectivity index (χ1) is 5.66. The van der Waals surface area contributed by atoms with Crippen molar-refractivity contribution in [2.45, 2.75) is 59.8 Å². The van der Waals surface area contributed by atoms with E-state index in [9.17, 15) is 0 Å². The van der Waals surface area contributed by atoms with Crippen LogP contribution in [0.2, 0.25) is 0 Å². The van der Waals surface area contributed by atoms with E-state index in [2.05, 4.69) is 34.1 Å². The van der Waals surface area contributed by atoms with Crippen molar-refractivity contribution in [3.63, 3.8) is 0 Å². The third-order valence-electron chi connectivity index (χ3n) is 2.30. The van der Waals surface area contributed by atoms with Crippen molar-refractivity contribution in [1.82, 2.24) is 0 Å². The zero-order valence-corrected chi connectivity index (χ0v) is 9.27. The Morgan fingerprint density at radius 1 is 1.08 bits per heavy atom. The van der Waals surface area contributed by atoms with Crippen molar-refractivity contribution < 1.29 is 0 Å². The molecule has 0 rings (SSSR count). The topological polar surface area (TPSA) is 0 Å². The molecule has 0 amide bonds. The summed E-state index contributed by atoms with van der Waals surface area (Å²) in [6, 6.07) is 0. The van der Waals surface area contributed by atoms with Crippen molar-refractivity contribution in [1.29, 1.82) is 0 Å². The average molecular weight is 169 g/mol. The quantitative estimate of drug-likeness (QED) is 0.494. The van der Waals surface area contributed by atoms with E-state index in [1.54, 1.807) is 0 Å². The summed E-state index contributed by atoms with van der Waals surface area (Å²) in [6.45, 7) is 9.21. The van der Waals surface area contributed by atoms with Gasteiger partial charge in [-0.1, -0.05) is 47.0 Å². The number of hydrogen-bond donors (Lipinski definition) is 0. The van der Waals surface area contributed by atoms with Gasteiger partial charge in [0.05, 0.1) is 0 Å². The molecule has 0 fully saturated rings. The van der Waals surface area contributed by atoms with Gasteiger partial charge >= 0.3 is 0 Å². The minimum atomic E-state index is 0.864. The monoisotopic (exact) mass is 169 g/mol. The highest BCUT2D eigenvalue weighted by Crippen LogP contribution is 2.15. The maximum absolute atomic E-state index is 2.47. The molecule has 0 aromatic carbocycles. The van der Waals surface area contributed by atoms with Gasteiger partial charge in [0.15, 0.2) is 0 Å². The molecule has 1 atom stereocenters. The lowest BCUT2D eigenvalue weighted by molar-refractivity contribution is 0.494. The van der Waals surface area contributed by atoms with E-state index in [0.29, 0.717) is 0 Å². The summed E-state index contributed by atoms with van der Waals surface area (Å²) in [6.07, 6.45) is 9.18. The molecule has 73 valence electrons. The van der Waals surface area contributed by atoms with Gasteiger partial charge in [-0.25, -0.2) is 0 Å². The number of unbranched alkanes of at least 4 members (excludes halogenated alkanes) is 1. The molecule has 0 aliphatic heterocycles. The predicted molar refractivity (Wildman–Crippen MR) is 57.1 cm³/mol. The molecule has 1 unspecified atom stereocenters. The number of rotatable bonds is 7. The van der Waals surface area contributed by atoms with Crippen molar-refractivity contribution in [3.05, 3.63) is 6.42 Å². The van der Waals surface area contributed by atoms with Gasteiger partial charge in [0.25, 0.3) is 0 Å². The highest BCUT2D eigenvalue weighted by Gasteiger charge is 2.00. The SMILES string of the molecule is CCCC(C)C[CH]CCC(C)C. The van der Waals surface area contributed by atoms with Gasteiger partial charge in [0, 0.05) is 0 Å². The molecule has 1 radical (unpaired) electrons. The van der Waals surface area contributed by atoms with E-state index in [1.807, 2.05) is 0 Å². The lowest BCUT2D eigenvalue weighted by Crippen LogP contribution is -1.95. The van der Waals surface area contributed by atoms with Gasteiger partial charge in [-0.05, 0) is 31.1 Å². The summed E-state index contributed by atoms with van der Waals surface area (Å²) < 4.78 is 0. The molecule has 0 bridgehead atoms. The van der Waals surface area contributed by atoms with Crippen LogP contribution in [0.5, 0.6) is 0 Å². The van der Waals surface area contributed by atoms with Gasteiger partial charge in [-0.15, -0.1) is 0 Å². The van der Waals surface area contributed by atoms with Crippen LogP contribution >= 0.6 is 0 Å².